The molecule has 1 aliphatic heterocycles. The summed E-state index contributed by atoms with van der Waals surface area (Å²) in [7, 11) is 0. The van der Waals surface area contributed by atoms with Crippen LogP contribution < -0.4 is 4.74 Å². The number of benzene rings is 1. The topological polar surface area (TPSA) is 84.0 Å². The van der Waals surface area contributed by atoms with Crippen molar-refractivity contribution in [2.45, 2.75) is 26.7 Å². The minimum Gasteiger partial charge on any atom is -0.427 e. The van der Waals surface area contributed by atoms with Crippen molar-refractivity contribution < 1.29 is 23.9 Å². The lowest BCUT2D eigenvalue weighted by molar-refractivity contribution is -0.134. The van der Waals surface area contributed by atoms with Crippen molar-refractivity contribution in [2.24, 2.45) is 0 Å². The van der Waals surface area contributed by atoms with E-state index in [1.54, 1.807) is 28.0 Å². The maximum Gasteiger partial charge on any atom is 0.308 e. The summed E-state index contributed by atoms with van der Waals surface area (Å²) in [6.45, 7) is 4.54. The van der Waals surface area contributed by atoms with E-state index in [0.29, 0.717) is 37.5 Å². The minimum atomic E-state index is -0.442. The van der Waals surface area contributed by atoms with E-state index in [0.717, 1.165) is 0 Å². The summed E-state index contributed by atoms with van der Waals surface area (Å²) in [4.78, 5) is 49.9. The Bertz CT molecular complexity index is 678. The molecular weight excluding hydrogens is 324 g/mol. The predicted molar refractivity (Wildman–Crippen MR) is 90.1 cm³/mol. The summed E-state index contributed by atoms with van der Waals surface area (Å²) in [5, 5.41) is 0. The standard InChI is InChI=1S/C18H22N2O5/c1-13(21)6-7-17(23)19-8-10-20(11-9-19)18(24)15-4-3-5-16(12-15)25-14(2)22/h3-5,12H,6-11H2,1-2H3. The highest BCUT2D eigenvalue weighted by Crippen LogP contribution is 2.16. The molecule has 2 rings (SSSR count). The van der Waals surface area contributed by atoms with Gasteiger partial charge >= 0.3 is 5.97 Å². The van der Waals surface area contributed by atoms with Gasteiger partial charge in [0.25, 0.3) is 5.91 Å². The predicted octanol–water partition coefficient (Wildman–Crippen LogP) is 1.27. The summed E-state index contributed by atoms with van der Waals surface area (Å²) in [5.74, 6) is -0.336. The number of Topliss-reactive ketones (excluding diaryl/α,β-unsaturated/α-hetero) is 1. The second-order valence-corrected chi connectivity index (χ2v) is 6.00. The molecule has 0 aromatic heterocycles. The summed E-state index contributed by atoms with van der Waals surface area (Å²) < 4.78 is 5.00. The van der Waals surface area contributed by atoms with E-state index >= 15 is 0 Å². The van der Waals surface area contributed by atoms with Gasteiger partial charge in [-0.2, -0.15) is 0 Å². The Morgan fingerprint density at radius 1 is 0.960 bits per heavy atom. The van der Waals surface area contributed by atoms with Crippen LogP contribution in [-0.2, 0) is 14.4 Å². The smallest absolute Gasteiger partial charge is 0.308 e. The van der Waals surface area contributed by atoms with Gasteiger partial charge in [0.2, 0.25) is 5.91 Å². The number of nitrogens with zero attached hydrogens (tertiary/aromatic N) is 2. The lowest BCUT2D eigenvalue weighted by Gasteiger charge is -2.35. The normalized spacial score (nSPS) is 14.2. The molecule has 0 unspecified atom stereocenters. The zero-order valence-corrected chi connectivity index (χ0v) is 14.5. The van der Waals surface area contributed by atoms with Crippen LogP contribution >= 0.6 is 0 Å². The van der Waals surface area contributed by atoms with Gasteiger partial charge in [0, 0.05) is 51.5 Å². The maximum atomic E-state index is 12.6. The fraction of sp³-hybridized carbons (Fsp3) is 0.444. The van der Waals surface area contributed by atoms with Crippen molar-refractivity contribution in [2.75, 3.05) is 26.2 Å². The van der Waals surface area contributed by atoms with Crippen molar-refractivity contribution in [3.05, 3.63) is 29.8 Å². The Hall–Kier alpha value is -2.70. The molecule has 0 aliphatic carbocycles. The summed E-state index contributed by atoms with van der Waals surface area (Å²) in [6.07, 6.45) is 0.467. The molecule has 0 atom stereocenters. The molecular formula is C18H22N2O5. The van der Waals surface area contributed by atoms with E-state index in [4.69, 9.17) is 4.74 Å². The third-order valence-electron chi connectivity index (χ3n) is 3.95. The first-order valence-electron chi connectivity index (χ1n) is 8.22. The number of carbonyl (C=O) groups excluding carboxylic acids is 4. The molecule has 1 aromatic carbocycles. The third-order valence-corrected chi connectivity index (χ3v) is 3.95. The van der Waals surface area contributed by atoms with Crippen molar-refractivity contribution in [1.82, 2.24) is 9.80 Å². The molecule has 25 heavy (non-hydrogen) atoms. The molecule has 1 saturated heterocycles. The average molecular weight is 346 g/mol. The van der Waals surface area contributed by atoms with Crippen LogP contribution in [0.2, 0.25) is 0 Å². The fourth-order valence-electron chi connectivity index (χ4n) is 2.64. The first kappa shape index (κ1) is 18.6. The fourth-order valence-corrected chi connectivity index (χ4v) is 2.64. The lowest BCUT2D eigenvalue weighted by atomic mass is 10.1. The highest BCUT2D eigenvalue weighted by atomic mass is 16.5. The van der Waals surface area contributed by atoms with Crippen LogP contribution in [0.3, 0.4) is 0 Å². The Kier molecular flexibility index (Phi) is 6.27. The SMILES string of the molecule is CC(=O)CCC(=O)N1CCN(C(=O)c2cccc(OC(C)=O)c2)CC1. The second-order valence-electron chi connectivity index (χ2n) is 6.00. The largest absolute Gasteiger partial charge is 0.427 e. The Balaban J connectivity index is 1.92. The first-order valence-corrected chi connectivity index (χ1v) is 8.22. The first-order chi connectivity index (χ1) is 11.9. The van der Waals surface area contributed by atoms with Gasteiger partial charge in [0.15, 0.2) is 0 Å². The van der Waals surface area contributed by atoms with Crippen LogP contribution in [0.15, 0.2) is 24.3 Å². The van der Waals surface area contributed by atoms with E-state index in [9.17, 15) is 19.2 Å². The zero-order chi connectivity index (χ0) is 18.4. The molecule has 7 heteroatoms. The van der Waals surface area contributed by atoms with Gasteiger partial charge in [-0.3, -0.25) is 14.4 Å². The molecule has 0 saturated carbocycles. The number of ether oxygens (including phenoxy) is 1. The van der Waals surface area contributed by atoms with Crippen LogP contribution in [0, 0.1) is 0 Å². The van der Waals surface area contributed by atoms with Crippen molar-refractivity contribution in [3.8, 4) is 5.75 Å². The van der Waals surface area contributed by atoms with E-state index in [1.807, 2.05) is 0 Å². The van der Waals surface area contributed by atoms with Crippen molar-refractivity contribution >= 4 is 23.6 Å². The molecule has 1 heterocycles. The molecule has 1 fully saturated rings. The van der Waals surface area contributed by atoms with Gasteiger partial charge in [0.1, 0.15) is 11.5 Å². The lowest BCUT2D eigenvalue weighted by Crippen LogP contribution is -2.50. The van der Waals surface area contributed by atoms with E-state index < -0.39 is 5.97 Å². The molecule has 0 N–H and O–H groups in total. The zero-order valence-electron chi connectivity index (χ0n) is 14.5. The van der Waals surface area contributed by atoms with Gasteiger partial charge in [-0.05, 0) is 25.1 Å². The maximum absolute atomic E-state index is 12.6. The summed E-state index contributed by atoms with van der Waals surface area (Å²) >= 11 is 0. The number of amides is 2. The number of hydrogen-bond acceptors (Lipinski definition) is 5. The molecule has 134 valence electrons. The van der Waals surface area contributed by atoms with Gasteiger partial charge in [-0.1, -0.05) is 6.07 Å². The van der Waals surface area contributed by atoms with E-state index in [2.05, 4.69) is 0 Å². The van der Waals surface area contributed by atoms with Gasteiger partial charge in [0.05, 0.1) is 0 Å². The number of esters is 1. The van der Waals surface area contributed by atoms with Crippen LogP contribution in [0.1, 0.15) is 37.0 Å². The van der Waals surface area contributed by atoms with E-state index in [-0.39, 0.29) is 30.4 Å². The second kappa shape index (κ2) is 8.41. The third kappa shape index (κ3) is 5.41. The van der Waals surface area contributed by atoms with Crippen LogP contribution in [0.5, 0.6) is 5.75 Å². The van der Waals surface area contributed by atoms with Crippen molar-refractivity contribution in [3.63, 3.8) is 0 Å². The Morgan fingerprint density at radius 2 is 1.60 bits per heavy atom. The van der Waals surface area contributed by atoms with Crippen molar-refractivity contribution in [1.29, 1.82) is 0 Å². The number of ketones is 1. The number of rotatable bonds is 5. The van der Waals surface area contributed by atoms with Crippen LogP contribution in [0.25, 0.3) is 0 Å². The average Bonchev–Trinajstić information content (AvgIpc) is 2.59. The van der Waals surface area contributed by atoms with Crippen LogP contribution in [0.4, 0.5) is 0 Å². The van der Waals surface area contributed by atoms with E-state index in [1.165, 1.54) is 19.9 Å². The van der Waals surface area contributed by atoms with Gasteiger partial charge in [-0.25, -0.2) is 0 Å². The van der Waals surface area contributed by atoms with Gasteiger partial charge in [-0.15, -0.1) is 0 Å². The molecule has 7 nitrogen and oxygen atoms in total. The number of hydrogen-bond donors (Lipinski definition) is 0. The molecule has 0 spiro atoms. The molecule has 1 aliphatic rings. The Morgan fingerprint density at radius 3 is 2.20 bits per heavy atom. The highest BCUT2D eigenvalue weighted by molar-refractivity contribution is 5.95. The quantitative estimate of drug-likeness (QED) is 0.592. The van der Waals surface area contributed by atoms with Crippen LogP contribution in [-0.4, -0.2) is 59.5 Å². The number of carbonyl (C=O) groups is 4. The molecule has 0 radical (unpaired) electrons. The number of piperazine rings is 1. The Labute approximate surface area is 146 Å². The highest BCUT2D eigenvalue weighted by Gasteiger charge is 2.25. The minimum absolute atomic E-state index is 0.00479. The monoisotopic (exact) mass is 346 g/mol. The molecule has 2 amide bonds. The summed E-state index contributed by atoms with van der Waals surface area (Å²) in [5.41, 5.74) is 0.440. The molecule has 0 bridgehead atoms. The summed E-state index contributed by atoms with van der Waals surface area (Å²) in [6, 6.07) is 6.48. The van der Waals surface area contributed by atoms with Gasteiger partial charge < -0.3 is 19.3 Å². The molecule has 1 aromatic rings.